The highest BCUT2D eigenvalue weighted by Gasteiger charge is 2.46. The van der Waals surface area contributed by atoms with Crippen LogP contribution in [0.25, 0.3) is 0 Å². The van der Waals surface area contributed by atoms with Gasteiger partial charge in [0.05, 0.1) is 5.56 Å². The molecule has 0 aliphatic heterocycles. The molecule has 1 aromatic rings. The lowest BCUT2D eigenvalue weighted by molar-refractivity contribution is -0.143. The van der Waals surface area contributed by atoms with Gasteiger partial charge in [0, 0.05) is 24.5 Å². The van der Waals surface area contributed by atoms with Crippen LogP contribution in [0.3, 0.4) is 0 Å². The molecule has 0 aromatic carbocycles. The van der Waals surface area contributed by atoms with Crippen LogP contribution in [0.15, 0.2) is 18.5 Å². The van der Waals surface area contributed by atoms with Crippen molar-refractivity contribution in [1.82, 2.24) is 4.98 Å². The Labute approximate surface area is 104 Å². The Morgan fingerprint density at radius 2 is 1.78 bits per heavy atom. The molecule has 3 N–H and O–H groups in total. The first kappa shape index (κ1) is 14.9. The summed E-state index contributed by atoms with van der Waals surface area (Å²) in [6, 6.07) is 0.849. The number of hydrogen-bond donors (Lipinski definition) is 2. The first-order valence-corrected chi connectivity index (χ1v) is 5.48. The molecule has 18 heavy (non-hydrogen) atoms. The molecule has 0 fully saturated rings. The zero-order valence-corrected chi connectivity index (χ0v) is 10.5. The molecule has 0 radical (unpaired) electrons. The fourth-order valence-electron chi connectivity index (χ4n) is 1.79. The van der Waals surface area contributed by atoms with Crippen LogP contribution in [0, 0.1) is 5.41 Å². The number of rotatable bonds is 2. The number of halogens is 3. The van der Waals surface area contributed by atoms with Crippen LogP contribution < -0.4 is 5.73 Å². The summed E-state index contributed by atoms with van der Waals surface area (Å²) in [6.07, 6.45) is -2.47. The molecule has 1 rings (SSSR count). The monoisotopic (exact) mass is 262 g/mol. The first-order valence-electron chi connectivity index (χ1n) is 5.48. The quantitative estimate of drug-likeness (QED) is 0.859. The van der Waals surface area contributed by atoms with Crippen LogP contribution >= 0.6 is 0 Å². The van der Waals surface area contributed by atoms with Gasteiger partial charge >= 0.3 is 6.18 Å². The van der Waals surface area contributed by atoms with E-state index in [4.69, 9.17) is 5.73 Å². The van der Waals surface area contributed by atoms with Gasteiger partial charge in [0.15, 0.2) is 0 Å². The van der Waals surface area contributed by atoms with Gasteiger partial charge in [-0.3, -0.25) is 4.98 Å². The van der Waals surface area contributed by atoms with E-state index >= 15 is 0 Å². The second-order valence-corrected chi connectivity index (χ2v) is 5.23. The van der Waals surface area contributed by atoms with Crippen molar-refractivity contribution in [2.24, 2.45) is 11.1 Å². The number of aliphatic hydroxyl groups is 1. The van der Waals surface area contributed by atoms with Crippen molar-refractivity contribution in [3.63, 3.8) is 0 Å². The van der Waals surface area contributed by atoms with Gasteiger partial charge in [-0.15, -0.1) is 0 Å². The van der Waals surface area contributed by atoms with Gasteiger partial charge < -0.3 is 10.8 Å². The average molecular weight is 262 g/mol. The Kier molecular flexibility index (Phi) is 3.74. The van der Waals surface area contributed by atoms with Crippen LogP contribution in [-0.2, 0) is 11.8 Å². The largest absolute Gasteiger partial charge is 0.416 e. The topological polar surface area (TPSA) is 59.1 Å². The van der Waals surface area contributed by atoms with Gasteiger partial charge in [-0.05, 0) is 11.5 Å². The van der Waals surface area contributed by atoms with E-state index in [-0.39, 0.29) is 12.1 Å². The Morgan fingerprint density at radius 3 is 2.17 bits per heavy atom. The molecule has 0 aliphatic rings. The summed E-state index contributed by atoms with van der Waals surface area (Å²) in [6.45, 7) is 4.58. The van der Waals surface area contributed by atoms with E-state index < -0.39 is 22.8 Å². The third-order valence-electron chi connectivity index (χ3n) is 3.11. The smallest absolute Gasteiger partial charge is 0.383 e. The second-order valence-electron chi connectivity index (χ2n) is 5.23. The lowest BCUT2D eigenvalue weighted by Crippen LogP contribution is -2.47. The number of alkyl halides is 3. The minimum Gasteiger partial charge on any atom is -0.383 e. The van der Waals surface area contributed by atoms with Crippen molar-refractivity contribution in [3.8, 4) is 0 Å². The molecule has 1 heterocycles. The van der Waals surface area contributed by atoms with Gasteiger partial charge in [0.2, 0.25) is 0 Å². The SMILES string of the molecule is CC(C)(C)C(O)(CN)c1cnccc1C(F)(F)F. The molecule has 1 aromatic heterocycles. The van der Waals surface area contributed by atoms with Crippen molar-refractivity contribution in [2.45, 2.75) is 32.5 Å². The number of nitrogens with zero attached hydrogens (tertiary/aromatic N) is 1. The maximum atomic E-state index is 12.9. The predicted octanol–water partition coefficient (Wildman–Crippen LogP) is 2.29. The number of aromatic nitrogens is 1. The van der Waals surface area contributed by atoms with Gasteiger partial charge in [0.1, 0.15) is 5.60 Å². The Balaban J connectivity index is 3.50. The predicted molar refractivity (Wildman–Crippen MR) is 61.6 cm³/mol. The molecule has 3 nitrogen and oxygen atoms in total. The summed E-state index contributed by atoms with van der Waals surface area (Å²) >= 11 is 0. The Morgan fingerprint density at radius 1 is 1.22 bits per heavy atom. The molecule has 102 valence electrons. The maximum Gasteiger partial charge on any atom is 0.416 e. The van der Waals surface area contributed by atoms with Crippen molar-refractivity contribution < 1.29 is 18.3 Å². The van der Waals surface area contributed by atoms with Crippen LogP contribution in [0.1, 0.15) is 31.9 Å². The molecule has 0 bridgehead atoms. The van der Waals surface area contributed by atoms with E-state index in [9.17, 15) is 18.3 Å². The van der Waals surface area contributed by atoms with Gasteiger partial charge in [-0.2, -0.15) is 13.2 Å². The molecule has 0 aliphatic carbocycles. The Hall–Kier alpha value is -1.14. The second kappa shape index (κ2) is 4.51. The molecule has 0 saturated carbocycles. The van der Waals surface area contributed by atoms with Gasteiger partial charge in [-0.1, -0.05) is 20.8 Å². The number of hydrogen-bond acceptors (Lipinski definition) is 3. The molecule has 6 heteroatoms. The summed E-state index contributed by atoms with van der Waals surface area (Å²) in [4.78, 5) is 3.67. The zero-order chi connectivity index (χ0) is 14.2. The third-order valence-corrected chi connectivity index (χ3v) is 3.11. The summed E-state index contributed by atoms with van der Waals surface area (Å²) in [7, 11) is 0. The average Bonchev–Trinajstić information content (AvgIpc) is 2.25. The summed E-state index contributed by atoms with van der Waals surface area (Å²) in [5, 5.41) is 10.5. The lowest BCUT2D eigenvalue weighted by atomic mass is 9.71. The summed E-state index contributed by atoms with van der Waals surface area (Å²) < 4.78 is 38.8. The van der Waals surface area contributed by atoms with Crippen molar-refractivity contribution in [1.29, 1.82) is 0 Å². The summed E-state index contributed by atoms with van der Waals surface area (Å²) in [5.41, 5.74) is 1.68. The van der Waals surface area contributed by atoms with E-state index in [0.29, 0.717) is 0 Å². The first-order chi connectivity index (χ1) is 8.04. The molecular weight excluding hydrogens is 245 g/mol. The third kappa shape index (κ3) is 2.49. The lowest BCUT2D eigenvalue weighted by Gasteiger charge is -2.40. The molecule has 0 spiro atoms. The molecular formula is C12H17F3N2O. The van der Waals surface area contributed by atoms with E-state index in [0.717, 1.165) is 18.5 Å². The highest BCUT2D eigenvalue weighted by atomic mass is 19.4. The van der Waals surface area contributed by atoms with Crippen LogP contribution in [0.2, 0.25) is 0 Å². The zero-order valence-electron chi connectivity index (χ0n) is 10.5. The van der Waals surface area contributed by atoms with E-state index in [2.05, 4.69) is 4.98 Å². The highest BCUT2D eigenvalue weighted by molar-refractivity contribution is 5.33. The van der Waals surface area contributed by atoms with Gasteiger partial charge in [-0.25, -0.2) is 0 Å². The Bertz CT molecular complexity index is 426. The molecule has 0 amide bonds. The van der Waals surface area contributed by atoms with Crippen LogP contribution in [-0.4, -0.2) is 16.6 Å². The highest BCUT2D eigenvalue weighted by Crippen LogP contribution is 2.43. The van der Waals surface area contributed by atoms with Crippen molar-refractivity contribution in [2.75, 3.05) is 6.54 Å². The molecule has 1 unspecified atom stereocenters. The normalized spacial score (nSPS) is 16.4. The van der Waals surface area contributed by atoms with Crippen molar-refractivity contribution in [3.05, 3.63) is 29.6 Å². The van der Waals surface area contributed by atoms with Crippen LogP contribution in [0.4, 0.5) is 13.2 Å². The van der Waals surface area contributed by atoms with E-state index in [1.54, 1.807) is 20.8 Å². The summed E-state index contributed by atoms with van der Waals surface area (Å²) in [5.74, 6) is 0. The number of nitrogens with two attached hydrogens (primary N) is 1. The minimum atomic E-state index is -4.55. The van der Waals surface area contributed by atoms with Gasteiger partial charge in [0.25, 0.3) is 0 Å². The van der Waals surface area contributed by atoms with Crippen molar-refractivity contribution >= 4 is 0 Å². The number of pyridine rings is 1. The van der Waals surface area contributed by atoms with E-state index in [1.165, 1.54) is 0 Å². The minimum absolute atomic E-state index is 0.285. The maximum absolute atomic E-state index is 12.9. The standard InChI is InChI=1S/C12H17F3N2O/c1-10(2,3)11(18,7-16)9-6-17-5-4-8(9)12(13,14)15/h4-6,18H,7,16H2,1-3H3. The molecule has 0 saturated heterocycles. The molecule has 1 atom stereocenters. The fraction of sp³-hybridized carbons (Fsp3) is 0.583. The fourth-order valence-corrected chi connectivity index (χ4v) is 1.79. The van der Waals surface area contributed by atoms with E-state index in [1.807, 2.05) is 0 Å². The van der Waals surface area contributed by atoms with Crippen LogP contribution in [0.5, 0.6) is 0 Å².